The van der Waals surface area contributed by atoms with E-state index >= 15 is 0 Å². The van der Waals surface area contributed by atoms with Gasteiger partial charge in [0.2, 0.25) is 5.95 Å². The molecule has 0 radical (unpaired) electrons. The lowest BCUT2D eigenvalue weighted by Gasteiger charge is -2.15. The molecule has 0 spiro atoms. The average Bonchev–Trinajstić information content (AvgIpc) is 3.21. The van der Waals surface area contributed by atoms with Crippen LogP contribution >= 0.6 is 0 Å². The molecule has 34 heavy (non-hydrogen) atoms. The third-order valence-corrected chi connectivity index (χ3v) is 5.91. The number of aromatic nitrogens is 4. The predicted octanol–water partition coefficient (Wildman–Crippen LogP) is 4.33. The Morgan fingerprint density at radius 3 is 2.50 bits per heavy atom. The predicted molar refractivity (Wildman–Crippen MR) is 115 cm³/mol. The zero-order valence-electron chi connectivity index (χ0n) is 17.3. The molecule has 0 bridgehead atoms. The van der Waals surface area contributed by atoms with Crippen molar-refractivity contribution in [2.45, 2.75) is 24.0 Å². The molecule has 0 aliphatic carbocycles. The van der Waals surface area contributed by atoms with Crippen LogP contribution in [0.3, 0.4) is 0 Å². The van der Waals surface area contributed by atoms with E-state index in [1.807, 2.05) is 6.07 Å². The zero-order chi connectivity index (χ0) is 24.7. The molecule has 9 nitrogen and oxygen atoms in total. The van der Waals surface area contributed by atoms with Crippen molar-refractivity contribution in [3.05, 3.63) is 65.6 Å². The van der Waals surface area contributed by atoms with Crippen molar-refractivity contribution in [1.29, 1.82) is 5.26 Å². The van der Waals surface area contributed by atoms with Gasteiger partial charge < -0.3 is 10.3 Å². The van der Waals surface area contributed by atoms with Crippen LogP contribution in [0.25, 0.3) is 22.3 Å². The van der Waals surface area contributed by atoms with Crippen LogP contribution < -0.4 is 5.32 Å². The summed E-state index contributed by atoms with van der Waals surface area (Å²) in [6.45, 7) is 1.74. The van der Waals surface area contributed by atoms with Gasteiger partial charge in [-0.25, -0.2) is 15.0 Å². The molecule has 0 fully saturated rings. The van der Waals surface area contributed by atoms with E-state index in [4.69, 9.17) is 4.55 Å². The van der Waals surface area contributed by atoms with Crippen LogP contribution in [0.15, 0.2) is 53.8 Å². The number of nitriles is 1. The Kier molecular flexibility index (Phi) is 5.72. The molecule has 13 heteroatoms. The molecule has 0 unspecified atom stereocenters. The van der Waals surface area contributed by atoms with Gasteiger partial charge in [0.1, 0.15) is 11.7 Å². The maximum Gasteiger partial charge on any atom is 0.417 e. The number of benzene rings is 1. The first-order valence-electron chi connectivity index (χ1n) is 9.63. The van der Waals surface area contributed by atoms with Gasteiger partial charge in [0.15, 0.2) is 0 Å². The molecule has 1 aromatic carbocycles. The Bertz CT molecular complexity index is 1530. The van der Waals surface area contributed by atoms with Crippen LogP contribution in [0, 0.1) is 11.3 Å². The highest BCUT2D eigenvalue weighted by Gasteiger charge is 2.31. The van der Waals surface area contributed by atoms with Crippen LogP contribution in [0.2, 0.25) is 0 Å². The first-order chi connectivity index (χ1) is 16.0. The average molecular weight is 488 g/mol. The van der Waals surface area contributed by atoms with Crippen molar-refractivity contribution >= 4 is 27.1 Å². The first kappa shape index (κ1) is 23.1. The first-order valence-corrected chi connectivity index (χ1v) is 11.1. The van der Waals surface area contributed by atoms with Crippen LogP contribution in [0.4, 0.5) is 19.1 Å². The lowest BCUT2D eigenvalue weighted by molar-refractivity contribution is -0.137. The van der Waals surface area contributed by atoms with Crippen molar-refractivity contribution in [3.8, 4) is 17.3 Å². The van der Waals surface area contributed by atoms with Crippen molar-refractivity contribution < 1.29 is 26.1 Å². The summed E-state index contributed by atoms with van der Waals surface area (Å²) < 4.78 is 71.0. The van der Waals surface area contributed by atoms with Gasteiger partial charge in [0.25, 0.3) is 10.1 Å². The van der Waals surface area contributed by atoms with Gasteiger partial charge in [0.05, 0.1) is 34.0 Å². The number of alkyl halides is 3. The van der Waals surface area contributed by atoms with Crippen LogP contribution in [0.1, 0.15) is 29.7 Å². The second kappa shape index (κ2) is 8.40. The number of H-pyrrole nitrogens is 1. The molecule has 0 amide bonds. The minimum absolute atomic E-state index is 0.0500. The molecular formula is C21H15F3N6O3S. The Hall–Kier alpha value is -4.02. The summed E-state index contributed by atoms with van der Waals surface area (Å²) in [6, 6.07) is 7.92. The normalized spacial score (nSPS) is 12.9. The van der Waals surface area contributed by atoms with Gasteiger partial charge in [-0.05, 0) is 30.7 Å². The fraction of sp³-hybridized carbons (Fsp3) is 0.143. The van der Waals surface area contributed by atoms with E-state index in [2.05, 4.69) is 25.3 Å². The highest BCUT2D eigenvalue weighted by molar-refractivity contribution is 7.85. The number of aromatic amines is 1. The SMILES string of the molecule is C[C@@H](Nc1ncc(C#N)c(-c2c[nH]c3ncc(C(F)(F)F)cc23)n1)c1ccc(S(=O)(=O)O)cc1. The van der Waals surface area contributed by atoms with Crippen LogP contribution in [-0.2, 0) is 16.3 Å². The van der Waals surface area contributed by atoms with Crippen molar-refractivity contribution in [1.82, 2.24) is 19.9 Å². The lowest BCUT2D eigenvalue weighted by Crippen LogP contribution is -2.10. The van der Waals surface area contributed by atoms with Crippen LogP contribution in [0.5, 0.6) is 0 Å². The summed E-state index contributed by atoms with van der Waals surface area (Å²) in [5.41, 5.74) is 0.324. The number of fused-ring (bicyclic) bond motifs is 1. The van der Waals surface area contributed by atoms with E-state index in [0.717, 1.165) is 12.3 Å². The van der Waals surface area contributed by atoms with E-state index in [0.29, 0.717) is 5.56 Å². The Morgan fingerprint density at radius 1 is 1.18 bits per heavy atom. The zero-order valence-corrected chi connectivity index (χ0v) is 18.1. The number of hydrogen-bond donors (Lipinski definition) is 3. The molecule has 3 aromatic heterocycles. The fourth-order valence-electron chi connectivity index (χ4n) is 3.30. The summed E-state index contributed by atoms with van der Waals surface area (Å²) in [6.07, 6.45) is -1.21. The molecule has 0 saturated carbocycles. The van der Waals surface area contributed by atoms with Crippen molar-refractivity contribution in [2.24, 2.45) is 0 Å². The largest absolute Gasteiger partial charge is 0.417 e. The van der Waals surface area contributed by atoms with Gasteiger partial charge in [0, 0.05) is 23.3 Å². The molecule has 0 aliphatic heterocycles. The summed E-state index contributed by atoms with van der Waals surface area (Å²) in [4.78, 5) is 14.8. The monoisotopic (exact) mass is 488 g/mol. The molecule has 3 N–H and O–H groups in total. The Balaban J connectivity index is 1.70. The van der Waals surface area contributed by atoms with Gasteiger partial charge >= 0.3 is 6.18 Å². The van der Waals surface area contributed by atoms with Gasteiger partial charge in [-0.2, -0.15) is 26.9 Å². The van der Waals surface area contributed by atoms with Gasteiger partial charge in [-0.1, -0.05) is 12.1 Å². The van der Waals surface area contributed by atoms with Crippen molar-refractivity contribution in [3.63, 3.8) is 0 Å². The highest BCUT2D eigenvalue weighted by atomic mass is 32.2. The van der Waals surface area contributed by atoms with E-state index in [-0.39, 0.29) is 38.7 Å². The second-order valence-corrected chi connectivity index (χ2v) is 8.72. The van der Waals surface area contributed by atoms with Gasteiger partial charge in [-0.3, -0.25) is 4.55 Å². The third kappa shape index (κ3) is 4.54. The Labute approximate surface area is 191 Å². The lowest BCUT2D eigenvalue weighted by atomic mass is 10.1. The maximum atomic E-state index is 13.2. The van der Waals surface area contributed by atoms with Gasteiger partial charge in [-0.15, -0.1) is 0 Å². The molecule has 4 aromatic rings. The molecule has 3 heterocycles. The topological polar surface area (TPSA) is 145 Å². The number of pyridine rings is 1. The molecule has 0 saturated heterocycles. The number of halogens is 3. The second-order valence-electron chi connectivity index (χ2n) is 7.30. The van der Waals surface area contributed by atoms with E-state index in [1.165, 1.54) is 36.7 Å². The maximum absolute atomic E-state index is 13.2. The van der Waals surface area contributed by atoms with E-state index in [1.54, 1.807) is 6.92 Å². The molecular weight excluding hydrogens is 473 g/mol. The minimum Gasteiger partial charge on any atom is -0.348 e. The van der Waals surface area contributed by atoms with E-state index in [9.17, 15) is 26.9 Å². The van der Waals surface area contributed by atoms with Crippen LogP contribution in [-0.4, -0.2) is 32.9 Å². The number of hydrogen-bond acceptors (Lipinski definition) is 7. The number of rotatable bonds is 5. The number of nitrogens with one attached hydrogen (secondary N) is 2. The molecule has 1 atom stereocenters. The number of nitrogens with zero attached hydrogens (tertiary/aromatic N) is 4. The minimum atomic E-state index is -4.59. The summed E-state index contributed by atoms with van der Waals surface area (Å²) in [5.74, 6) is 0.0923. The molecule has 4 rings (SSSR count). The van der Waals surface area contributed by atoms with Crippen molar-refractivity contribution in [2.75, 3.05) is 5.32 Å². The Morgan fingerprint density at radius 2 is 1.88 bits per heavy atom. The quantitative estimate of drug-likeness (QED) is 0.352. The molecule has 0 aliphatic rings. The summed E-state index contributed by atoms with van der Waals surface area (Å²) in [7, 11) is -4.33. The fourth-order valence-corrected chi connectivity index (χ4v) is 3.78. The third-order valence-electron chi connectivity index (χ3n) is 5.05. The summed E-state index contributed by atoms with van der Waals surface area (Å²) in [5, 5.41) is 12.6. The van der Waals surface area contributed by atoms with E-state index < -0.39 is 27.9 Å². The smallest absolute Gasteiger partial charge is 0.348 e. The standard InChI is InChI=1S/C21H15F3N6O3S/c1-11(12-2-4-15(5-3-12)34(31,32)33)29-20-28-8-13(7-25)18(30-20)17-10-27-19-16(17)6-14(9-26-19)21(22,23)24/h2-6,8-11H,1H3,(H,26,27)(H,28,29,30)(H,31,32,33)/t11-/m1/s1. The highest BCUT2D eigenvalue weighted by Crippen LogP contribution is 2.35. The molecule has 174 valence electrons. The summed E-state index contributed by atoms with van der Waals surface area (Å²) >= 11 is 0. The number of anilines is 1.